The highest BCUT2D eigenvalue weighted by atomic mass is 15.3. The van der Waals surface area contributed by atoms with Gasteiger partial charge in [0.1, 0.15) is 0 Å². The van der Waals surface area contributed by atoms with Crippen LogP contribution in [0.25, 0.3) is 22.3 Å². The van der Waals surface area contributed by atoms with Gasteiger partial charge in [-0.05, 0) is 180 Å². The van der Waals surface area contributed by atoms with Gasteiger partial charge in [0.2, 0.25) is 0 Å². The standard InChI is InChI=1S/C72H77N3/c1-70(2,3)60-38-43-69-68(48-60)71(4)44-18-19-45-72(71,5)75(69)67-50-65(73(61-39-34-56(35-40-61)52-22-10-6-11-23-52)62-41-36-57(37-42-62)53-24-12-7-13-25-53)49-66(51-67)74(63-32-20-30-58(46-63)54-26-14-8-15-27-54)64-33-21-31-59(47-64)55-28-16-9-17-29-55/h6,8,10-11,14-15,20-23,26-27,30-43,46-51,53,55H,7,9,12-13,16-19,24-25,28-29,44-45H2,1-5H3. The van der Waals surface area contributed by atoms with Crippen LogP contribution in [0.2, 0.25) is 0 Å². The van der Waals surface area contributed by atoms with Gasteiger partial charge in [0, 0.05) is 39.5 Å². The molecule has 3 nitrogen and oxygen atoms in total. The lowest BCUT2D eigenvalue weighted by Gasteiger charge is -2.50. The predicted octanol–water partition coefficient (Wildman–Crippen LogP) is 21.1. The number of benzene rings is 8. The monoisotopic (exact) mass is 984 g/mol. The molecule has 75 heavy (non-hydrogen) atoms. The molecule has 0 bridgehead atoms. The van der Waals surface area contributed by atoms with Crippen molar-refractivity contribution in [3.05, 3.63) is 216 Å². The molecule has 8 aromatic rings. The third kappa shape index (κ3) is 9.40. The lowest BCUT2D eigenvalue weighted by Crippen LogP contribution is -2.54. The van der Waals surface area contributed by atoms with Crippen LogP contribution in [0.1, 0.15) is 159 Å². The molecule has 4 aliphatic rings. The van der Waals surface area contributed by atoms with Crippen molar-refractivity contribution in [3.63, 3.8) is 0 Å². The molecule has 0 N–H and O–H groups in total. The van der Waals surface area contributed by atoms with Crippen molar-refractivity contribution < 1.29 is 0 Å². The largest absolute Gasteiger partial charge is 0.334 e. The normalized spacial score (nSPS) is 20.1. The minimum Gasteiger partial charge on any atom is -0.334 e. The highest BCUT2D eigenvalue weighted by molar-refractivity contribution is 5.90. The molecule has 0 aromatic heterocycles. The Morgan fingerprint density at radius 1 is 0.400 bits per heavy atom. The molecule has 1 heterocycles. The summed E-state index contributed by atoms with van der Waals surface area (Å²) >= 11 is 0. The van der Waals surface area contributed by atoms with E-state index >= 15 is 0 Å². The van der Waals surface area contributed by atoms with Crippen LogP contribution in [0.4, 0.5) is 45.5 Å². The lowest BCUT2D eigenvalue weighted by molar-refractivity contribution is 0.195. The summed E-state index contributed by atoms with van der Waals surface area (Å²) in [5.41, 5.74) is 20.2. The minimum absolute atomic E-state index is 0.0298. The molecule has 3 aliphatic carbocycles. The molecule has 3 heteroatoms. The molecule has 0 saturated heterocycles. The Bertz CT molecular complexity index is 3250. The van der Waals surface area contributed by atoms with Gasteiger partial charge in [-0.3, -0.25) is 0 Å². The van der Waals surface area contributed by atoms with E-state index in [9.17, 15) is 0 Å². The van der Waals surface area contributed by atoms with E-state index in [1.54, 1.807) is 0 Å². The zero-order valence-electron chi connectivity index (χ0n) is 45.4. The van der Waals surface area contributed by atoms with Gasteiger partial charge in [-0.2, -0.15) is 0 Å². The number of hydrogen-bond donors (Lipinski definition) is 0. The first-order valence-corrected chi connectivity index (χ1v) is 28.8. The van der Waals surface area contributed by atoms with E-state index in [2.05, 4.69) is 243 Å². The van der Waals surface area contributed by atoms with Crippen molar-refractivity contribution in [2.75, 3.05) is 14.7 Å². The van der Waals surface area contributed by atoms with E-state index in [1.807, 2.05) is 0 Å². The van der Waals surface area contributed by atoms with Crippen LogP contribution in [-0.4, -0.2) is 5.54 Å². The summed E-state index contributed by atoms with van der Waals surface area (Å²) in [7, 11) is 0. The number of nitrogens with zero attached hydrogens (tertiary/aromatic N) is 3. The van der Waals surface area contributed by atoms with E-state index < -0.39 is 0 Å². The van der Waals surface area contributed by atoms with Gasteiger partial charge in [-0.15, -0.1) is 0 Å². The zero-order valence-corrected chi connectivity index (χ0v) is 45.4. The molecule has 3 fully saturated rings. The maximum absolute atomic E-state index is 2.81. The zero-order chi connectivity index (χ0) is 51.2. The van der Waals surface area contributed by atoms with Gasteiger partial charge in [-0.1, -0.05) is 200 Å². The highest BCUT2D eigenvalue weighted by Gasteiger charge is 2.58. The summed E-state index contributed by atoms with van der Waals surface area (Å²) < 4.78 is 0. The van der Waals surface area contributed by atoms with Crippen molar-refractivity contribution in [3.8, 4) is 22.3 Å². The predicted molar refractivity (Wildman–Crippen MR) is 320 cm³/mol. The second-order valence-corrected chi connectivity index (χ2v) is 24.2. The van der Waals surface area contributed by atoms with Gasteiger partial charge in [0.05, 0.1) is 16.9 Å². The molecule has 8 aromatic carbocycles. The van der Waals surface area contributed by atoms with Crippen LogP contribution in [-0.2, 0) is 10.8 Å². The van der Waals surface area contributed by atoms with Gasteiger partial charge in [-0.25, -0.2) is 0 Å². The van der Waals surface area contributed by atoms with Crippen molar-refractivity contribution in [1.29, 1.82) is 0 Å². The first kappa shape index (κ1) is 49.1. The molecule has 0 amide bonds. The van der Waals surface area contributed by atoms with E-state index in [4.69, 9.17) is 0 Å². The number of rotatable bonds is 11. The van der Waals surface area contributed by atoms with Crippen molar-refractivity contribution in [2.45, 2.75) is 153 Å². The highest BCUT2D eigenvalue weighted by Crippen LogP contribution is 2.62. The SMILES string of the molecule is CC(C)(C)c1ccc2c(c1)C1(C)CCCCC1(C)N2c1cc(N(c2ccc(-c3ccccc3)cc2)c2ccc(C3CCCCC3)cc2)cc(N(c2cccc(-c3ccccc3)c2)c2cccc(C3CCCCC3)c2)c1. The minimum atomic E-state index is -0.150. The Labute approximate surface area is 449 Å². The van der Waals surface area contributed by atoms with Gasteiger partial charge in [0.15, 0.2) is 0 Å². The van der Waals surface area contributed by atoms with Crippen LogP contribution in [0, 0.1) is 0 Å². The molecule has 0 spiro atoms. The maximum Gasteiger partial charge on any atom is 0.0517 e. The van der Waals surface area contributed by atoms with Crippen LogP contribution in [0.3, 0.4) is 0 Å². The van der Waals surface area contributed by atoms with Gasteiger partial charge in [0.25, 0.3) is 0 Å². The molecular weight excluding hydrogens is 907 g/mol. The fourth-order valence-corrected chi connectivity index (χ4v) is 14.0. The van der Waals surface area contributed by atoms with Gasteiger partial charge >= 0.3 is 0 Å². The average molecular weight is 984 g/mol. The molecule has 0 radical (unpaired) electrons. The molecule has 2 atom stereocenters. The molecule has 3 saturated carbocycles. The number of anilines is 8. The molecule has 1 aliphatic heterocycles. The van der Waals surface area contributed by atoms with E-state index in [0.717, 1.165) is 29.2 Å². The first-order valence-electron chi connectivity index (χ1n) is 28.8. The topological polar surface area (TPSA) is 9.72 Å². The smallest absolute Gasteiger partial charge is 0.0517 e. The van der Waals surface area contributed by atoms with E-state index in [1.165, 1.54) is 151 Å². The summed E-state index contributed by atoms with van der Waals surface area (Å²) in [4.78, 5) is 7.93. The Morgan fingerprint density at radius 3 is 1.55 bits per heavy atom. The molecule has 2 unspecified atom stereocenters. The van der Waals surface area contributed by atoms with Crippen LogP contribution in [0.5, 0.6) is 0 Å². The quantitative estimate of drug-likeness (QED) is 0.128. The van der Waals surface area contributed by atoms with Crippen LogP contribution in [0.15, 0.2) is 194 Å². The molecule has 380 valence electrons. The van der Waals surface area contributed by atoms with Crippen LogP contribution >= 0.6 is 0 Å². The van der Waals surface area contributed by atoms with Crippen molar-refractivity contribution in [2.24, 2.45) is 0 Å². The third-order valence-corrected chi connectivity index (χ3v) is 18.5. The summed E-state index contributed by atoms with van der Waals surface area (Å²) in [6.07, 6.45) is 17.8. The fourth-order valence-electron chi connectivity index (χ4n) is 14.0. The summed E-state index contributed by atoms with van der Waals surface area (Å²) in [5.74, 6) is 1.21. The summed E-state index contributed by atoms with van der Waals surface area (Å²) in [6.45, 7) is 12.3. The second kappa shape index (κ2) is 20.4. The van der Waals surface area contributed by atoms with Crippen molar-refractivity contribution >= 4 is 45.5 Å². The Morgan fingerprint density at radius 2 is 0.920 bits per heavy atom. The second-order valence-electron chi connectivity index (χ2n) is 24.2. The Kier molecular flexibility index (Phi) is 13.3. The molecule has 12 rings (SSSR count). The van der Waals surface area contributed by atoms with E-state index in [-0.39, 0.29) is 16.4 Å². The maximum atomic E-state index is 2.81. The molecular formula is C72H77N3. The summed E-state index contributed by atoms with van der Waals surface area (Å²) in [5, 5.41) is 0. The first-order chi connectivity index (χ1) is 36.5. The third-order valence-electron chi connectivity index (χ3n) is 18.5. The fraction of sp³-hybridized carbons (Fsp3) is 0.333. The number of hydrogen-bond acceptors (Lipinski definition) is 3. The Hall–Kier alpha value is -6.84. The van der Waals surface area contributed by atoms with Crippen molar-refractivity contribution in [1.82, 2.24) is 0 Å². The average Bonchev–Trinajstić information content (AvgIpc) is 3.69. The Balaban J connectivity index is 1.11. The number of fused-ring (bicyclic) bond motifs is 3. The van der Waals surface area contributed by atoms with Gasteiger partial charge < -0.3 is 14.7 Å². The van der Waals surface area contributed by atoms with Crippen LogP contribution < -0.4 is 14.7 Å². The lowest BCUT2D eigenvalue weighted by atomic mass is 9.61. The van der Waals surface area contributed by atoms with E-state index in [0.29, 0.717) is 11.8 Å². The summed E-state index contributed by atoms with van der Waals surface area (Å²) in [6, 6.07) is 74.7.